The van der Waals surface area contributed by atoms with Gasteiger partial charge in [-0.1, -0.05) is 12.5 Å². The maximum Gasteiger partial charge on any atom is 0.260 e. The highest BCUT2D eigenvalue weighted by atomic mass is 19.1. The Kier molecular flexibility index (Phi) is 3.85. The zero-order valence-electron chi connectivity index (χ0n) is 12.3. The van der Waals surface area contributed by atoms with E-state index < -0.39 is 11.7 Å². The molecule has 0 saturated carbocycles. The predicted octanol–water partition coefficient (Wildman–Crippen LogP) is 2.23. The monoisotopic (exact) mass is 292 g/mol. The fourth-order valence-electron chi connectivity index (χ4n) is 3.50. The van der Waals surface area contributed by atoms with E-state index in [9.17, 15) is 14.3 Å². The molecule has 1 aromatic rings. The lowest BCUT2D eigenvalue weighted by molar-refractivity contribution is 0.0147. The van der Waals surface area contributed by atoms with Crippen molar-refractivity contribution < 1.29 is 14.3 Å². The third-order valence-corrected chi connectivity index (χ3v) is 4.65. The number of nitrogens with zero attached hydrogens (tertiary/aromatic N) is 2. The van der Waals surface area contributed by atoms with Gasteiger partial charge in [-0.15, -0.1) is 0 Å². The van der Waals surface area contributed by atoms with Crippen LogP contribution in [0.15, 0.2) is 18.2 Å². The van der Waals surface area contributed by atoms with Crippen LogP contribution in [-0.2, 0) is 0 Å². The van der Waals surface area contributed by atoms with Crippen molar-refractivity contribution >= 4 is 5.91 Å². The van der Waals surface area contributed by atoms with Crippen molar-refractivity contribution in [3.05, 3.63) is 29.6 Å². The quantitative estimate of drug-likeness (QED) is 0.863. The number of phenolic OH excluding ortho intramolecular Hbond substituents is 1. The number of benzene rings is 1. The molecule has 0 radical (unpaired) electrons. The van der Waals surface area contributed by atoms with Crippen LogP contribution in [0.25, 0.3) is 0 Å². The van der Waals surface area contributed by atoms with Crippen LogP contribution in [0.4, 0.5) is 4.39 Å². The number of rotatable bonds is 1. The normalized spacial score (nSPS) is 26.5. The first kappa shape index (κ1) is 14.3. The van der Waals surface area contributed by atoms with Crippen molar-refractivity contribution in [1.29, 1.82) is 0 Å². The largest absolute Gasteiger partial charge is 0.507 e. The Labute approximate surface area is 124 Å². The average Bonchev–Trinajstić information content (AvgIpc) is 2.46. The second kappa shape index (κ2) is 5.64. The minimum Gasteiger partial charge on any atom is -0.507 e. The van der Waals surface area contributed by atoms with Crippen LogP contribution in [0.1, 0.15) is 36.5 Å². The molecule has 3 rings (SSSR count). The number of hydrogen-bond acceptors (Lipinski definition) is 3. The summed E-state index contributed by atoms with van der Waals surface area (Å²) in [7, 11) is 0. The third-order valence-electron chi connectivity index (χ3n) is 4.65. The number of phenols is 1. The molecule has 1 N–H and O–H groups in total. The van der Waals surface area contributed by atoms with E-state index in [0.717, 1.165) is 19.5 Å². The summed E-state index contributed by atoms with van der Waals surface area (Å²) in [4.78, 5) is 16.8. The van der Waals surface area contributed by atoms with Crippen molar-refractivity contribution in [2.75, 3.05) is 19.6 Å². The molecule has 2 aliphatic rings. The zero-order valence-corrected chi connectivity index (χ0v) is 12.3. The van der Waals surface area contributed by atoms with E-state index in [4.69, 9.17) is 0 Å². The number of carbonyl (C=O) groups is 1. The van der Waals surface area contributed by atoms with Gasteiger partial charge < -0.3 is 10.0 Å². The summed E-state index contributed by atoms with van der Waals surface area (Å²) in [6, 6.07) is 4.38. The summed E-state index contributed by atoms with van der Waals surface area (Å²) in [5.41, 5.74) is -0.200. The summed E-state index contributed by atoms with van der Waals surface area (Å²) in [5.74, 6) is -1.33. The van der Waals surface area contributed by atoms with Gasteiger partial charge in [0.2, 0.25) is 0 Å². The molecule has 1 amide bonds. The summed E-state index contributed by atoms with van der Waals surface area (Å²) in [5, 5.41) is 9.81. The van der Waals surface area contributed by atoms with Crippen molar-refractivity contribution in [3.8, 4) is 5.75 Å². The zero-order chi connectivity index (χ0) is 15.0. The lowest BCUT2D eigenvalue weighted by atomic mass is 9.96. The molecule has 0 bridgehead atoms. The van der Waals surface area contributed by atoms with E-state index in [0.29, 0.717) is 12.6 Å². The standard InChI is InChI=1S/C16H21FN2O2/c1-11-9-18-8-3-2-5-12(18)10-19(11)16(21)15-13(17)6-4-7-14(15)20/h4,6-7,11-12,20H,2-3,5,8-10H2,1H3. The summed E-state index contributed by atoms with van der Waals surface area (Å²) >= 11 is 0. The van der Waals surface area contributed by atoms with Gasteiger partial charge in [0.05, 0.1) is 0 Å². The molecule has 0 spiro atoms. The van der Waals surface area contributed by atoms with E-state index in [1.807, 2.05) is 6.92 Å². The van der Waals surface area contributed by atoms with Gasteiger partial charge in [0.25, 0.3) is 5.91 Å². The fraction of sp³-hybridized carbons (Fsp3) is 0.562. The van der Waals surface area contributed by atoms with Gasteiger partial charge in [-0.2, -0.15) is 0 Å². The molecule has 21 heavy (non-hydrogen) atoms. The Hall–Kier alpha value is -1.62. The van der Waals surface area contributed by atoms with E-state index in [2.05, 4.69) is 4.90 Å². The van der Waals surface area contributed by atoms with Crippen molar-refractivity contribution in [2.24, 2.45) is 0 Å². The third kappa shape index (κ3) is 2.62. The van der Waals surface area contributed by atoms with Crippen LogP contribution >= 0.6 is 0 Å². The summed E-state index contributed by atoms with van der Waals surface area (Å²) in [6.45, 7) is 4.52. The van der Waals surface area contributed by atoms with E-state index in [1.165, 1.54) is 31.0 Å². The molecule has 2 saturated heterocycles. The van der Waals surface area contributed by atoms with Crippen LogP contribution in [0, 0.1) is 5.82 Å². The van der Waals surface area contributed by atoms with E-state index >= 15 is 0 Å². The maximum absolute atomic E-state index is 13.9. The number of amides is 1. The first-order valence-corrected chi connectivity index (χ1v) is 7.60. The van der Waals surface area contributed by atoms with Gasteiger partial charge in [0.1, 0.15) is 17.1 Å². The molecular formula is C16H21FN2O2. The number of halogens is 1. The highest BCUT2D eigenvalue weighted by molar-refractivity contribution is 5.97. The molecule has 114 valence electrons. The summed E-state index contributed by atoms with van der Waals surface area (Å²) < 4.78 is 13.9. The first-order valence-electron chi connectivity index (χ1n) is 7.60. The van der Waals surface area contributed by atoms with Crippen molar-refractivity contribution in [1.82, 2.24) is 9.80 Å². The average molecular weight is 292 g/mol. The van der Waals surface area contributed by atoms with Gasteiger partial charge in [0, 0.05) is 25.2 Å². The molecular weight excluding hydrogens is 271 g/mol. The molecule has 2 heterocycles. The van der Waals surface area contributed by atoms with Gasteiger partial charge in [-0.05, 0) is 38.4 Å². The summed E-state index contributed by atoms with van der Waals surface area (Å²) in [6.07, 6.45) is 3.48. The molecule has 0 aliphatic carbocycles. The second-order valence-electron chi connectivity index (χ2n) is 6.09. The van der Waals surface area contributed by atoms with Crippen LogP contribution in [0.3, 0.4) is 0 Å². The molecule has 2 atom stereocenters. The highest BCUT2D eigenvalue weighted by Crippen LogP contribution is 2.28. The number of piperidine rings is 1. The first-order chi connectivity index (χ1) is 10.1. The number of fused-ring (bicyclic) bond motifs is 1. The molecule has 2 unspecified atom stereocenters. The highest BCUT2D eigenvalue weighted by Gasteiger charge is 2.36. The molecule has 2 aliphatic heterocycles. The number of carbonyl (C=O) groups excluding carboxylic acids is 1. The lowest BCUT2D eigenvalue weighted by Crippen LogP contribution is -2.60. The maximum atomic E-state index is 13.9. The minimum absolute atomic E-state index is 0.0332. The van der Waals surface area contributed by atoms with Gasteiger partial charge >= 0.3 is 0 Å². The molecule has 5 heteroatoms. The van der Waals surface area contributed by atoms with Gasteiger partial charge in [0.15, 0.2) is 0 Å². The van der Waals surface area contributed by atoms with E-state index in [1.54, 1.807) is 4.90 Å². The smallest absolute Gasteiger partial charge is 0.260 e. The SMILES string of the molecule is CC1CN2CCCCC2CN1C(=O)c1c(O)cccc1F. The van der Waals surface area contributed by atoms with Crippen LogP contribution < -0.4 is 0 Å². The lowest BCUT2D eigenvalue weighted by Gasteiger charge is -2.47. The van der Waals surface area contributed by atoms with Gasteiger partial charge in [-0.3, -0.25) is 9.69 Å². The van der Waals surface area contributed by atoms with Crippen LogP contribution in [0.2, 0.25) is 0 Å². The Bertz CT molecular complexity index is 529. The molecule has 1 aromatic carbocycles. The Morgan fingerprint density at radius 3 is 2.90 bits per heavy atom. The second-order valence-corrected chi connectivity index (χ2v) is 6.09. The predicted molar refractivity (Wildman–Crippen MR) is 77.8 cm³/mol. The molecule has 2 fully saturated rings. The van der Waals surface area contributed by atoms with Crippen molar-refractivity contribution in [2.45, 2.75) is 38.3 Å². The Morgan fingerprint density at radius 2 is 2.14 bits per heavy atom. The number of piperazine rings is 1. The molecule has 4 nitrogen and oxygen atoms in total. The fourth-order valence-corrected chi connectivity index (χ4v) is 3.50. The van der Waals surface area contributed by atoms with E-state index in [-0.39, 0.29) is 17.4 Å². The van der Waals surface area contributed by atoms with Crippen molar-refractivity contribution in [3.63, 3.8) is 0 Å². The van der Waals surface area contributed by atoms with Gasteiger partial charge in [-0.25, -0.2) is 4.39 Å². The number of aromatic hydroxyl groups is 1. The molecule has 0 aromatic heterocycles. The topological polar surface area (TPSA) is 43.8 Å². The number of hydrogen-bond donors (Lipinski definition) is 1. The Balaban J connectivity index is 1.84. The minimum atomic E-state index is -0.654. The van der Waals surface area contributed by atoms with Crippen LogP contribution in [-0.4, -0.2) is 52.5 Å². The Morgan fingerprint density at radius 1 is 1.33 bits per heavy atom. The van der Waals surface area contributed by atoms with Crippen LogP contribution in [0.5, 0.6) is 5.75 Å².